The predicted octanol–water partition coefficient (Wildman–Crippen LogP) is 2.85. The molecule has 1 saturated carbocycles. The van der Waals surface area contributed by atoms with Gasteiger partial charge in [0.2, 0.25) is 11.8 Å². The van der Waals surface area contributed by atoms with Gasteiger partial charge in [0.15, 0.2) is 0 Å². The number of nitrogens with one attached hydrogen (secondary N) is 2. The molecule has 0 saturated heterocycles. The number of Topliss-reactive ketones (excluding diaryl/α,β-unsaturated/α-hetero) is 1. The summed E-state index contributed by atoms with van der Waals surface area (Å²) in [6, 6.07) is 0. The standard InChI is InChI=1S/C21H38N2O4/c1-4-27-14-6-13-22-19(24)7-5-8-20(25)23-15-17-9-11-18(12-10-17)21(26)16(2)3/h16-18H,4-15H2,1-3H3,(H,22,24)(H,23,25). The fourth-order valence-electron chi connectivity index (χ4n) is 3.51. The highest BCUT2D eigenvalue weighted by atomic mass is 16.5. The quantitative estimate of drug-likeness (QED) is 0.480. The summed E-state index contributed by atoms with van der Waals surface area (Å²) in [5.74, 6) is 1.19. The van der Waals surface area contributed by atoms with Gasteiger partial charge in [-0.2, -0.15) is 0 Å². The third-order valence-electron chi connectivity index (χ3n) is 5.21. The third kappa shape index (κ3) is 10.5. The molecule has 0 aromatic heterocycles. The van der Waals surface area contributed by atoms with Gasteiger partial charge in [-0.1, -0.05) is 13.8 Å². The maximum Gasteiger partial charge on any atom is 0.220 e. The highest BCUT2D eigenvalue weighted by Gasteiger charge is 2.27. The van der Waals surface area contributed by atoms with Crippen molar-refractivity contribution in [3.05, 3.63) is 0 Å². The van der Waals surface area contributed by atoms with Crippen molar-refractivity contribution in [2.24, 2.45) is 17.8 Å². The van der Waals surface area contributed by atoms with Crippen LogP contribution >= 0.6 is 0 Å². The van der Waals surface area contributed by atoms with Gasteiger partial charge in [-0.05, 0) is 51.4 Å². The molecule has 6 heteroatoms. The molecule has 0 atom stereocenters. The summed E-state index contributed by atoms with van der Waals surface area (Å²) in [4.78, 5) is 35.7. The van der Waals surface area contributed by atoms with Gasteiger partial charge in [0, 0.05) is 51.0 Å². The van der Waals surface area contributed by atoms with Gasteiger partial charge >= 0.3 is 0 Å². The summed E-state index contributed by atoms with van der Waals surface area (Å²) in [7, 11) is 0. The Balaban J connectivity index is 2.05. The van der Waals surface area contributed by atoms with Crippen molar-refractivity contribution in [3.63, 3.8) is 0 Å². The maximum absolute atomic E-state index is 12.0. The second-order valence-electron chi connectivity index (χ2n) is 7.83. The van der Waals surface area contributed by atoms with Gasteiger partial charge in [0.05, 0.1) is 0 Å². The molecular formula is C21H38N2O4. The van der Waals surface area contributed by atoms with Crippen LogP contribution in [0.5, 0.6) is 0 Å². The van der Waals surface area contributed by atoms with Gasteiger partial charge in [-0.15, -0.1) is 0 Å². The van der Waals surface area contributed by atoms with E-state index in [4.69, 9.17) is 4.74 Å². The van der Waals surface area contributed by atoms with Crippen LogP contribution in [0.1, 0.15) is 72.1 Å². The lowest BCUT2D eigenvalue weighted by molar-refractivity contribution is -0.127. The van der Waals surface area contributed by atoms with Crippen LogP contribution in [0.3, 0.4) is 0 Å². The molecule has 2 amide bonds. The molecule has 0 aromatic carbocycles. The summed E-state index contributed by atoms with van der Waals surface area (Å²) in [5, 5.41) is 5.83. The number of ether oxygens (including phenoxy) is 1. The summed E-state index contributed by atoms with van der Waals surface area (Å²) in [6.07, 6.45) is 6.05. The molecule has 0 bridgehead atoms. The van der Waals surface area contributed by atoms with Crippen molar-refractivity contribution < 1.29 is 19.1 Å². The van der Waals surface area contributed by atoms with Crippen molar-refractivity contribution in [2.75, 3.05) is 26.3 Å². The molecule has 1 fully saturated rings. The Kier molecular flexibility index (Phi) is 12.0. The lowest BCUT2D eigenvalue weighted by atomic mass is 9.78. The first-order valence-electron chi connectivity index (χ1n) is 10.6. The van der Waals surface area contributed by atoms with Crippen molar-refractivity contribution in [3.8, 4) is 0 Å². The average Bonchev–Trinajstić information content (AvgIpc) is 2.66. The number of hydrogen-bond donors (Lipinski definition) is 2. The van der Waals surface area contributed by atoms with Gasteiger partial charge in [-0.3, -0.25) is 14.4 Å². The Morgan fingerprint density at radius 2 is 1.59 bits per heavy atom. The van der Waals surface area contributed by atoms with Crippen LogP contribution in [-0.4, -0.2) is 43.9 Å². The minimum Gasteiger partial charge on any atom is -0.382 e. The zero-order valence-corrected chi connectivity index (χ0v) is 17.4. The second kappa shape index (κ2) is 13.7. The van der Waals surface area contributed by atoms with E-state index in [1.807, 2.05) is 20.8 Å². The highest BCUT2D eigenvalue weighted by molar-refractivity contribution is 5.82. The number of rotatable bonds is 13. The smallest absolute Gasteiger partial charge is 0.220 e. The van der Waals surface area contributed by atoms with Crippen LogP contribution in [-0.2, 0) is 19.1 Å². The minimum atomic E-state index is -0.00700. The van der Waals surface area contributed by atoms with E-state index in [2.05, 4.69) is 10.6 Å². The SMILES string of the molecule is CCOCCCNC(=O)CCCC(=O)NCC1CCC(C(=O)C(C)C)CC1. The van der Waals surface area contributed by atoms with Gasteiger partial charge in [0.25, 0.3) is 0 Å². The molecule has 0 heterocycles. The van der Waals surface area contributed by atoms with E-state index in [-0.39, 0.29) is 23.7 Å². The molecule has 1 aliphatic carbocycles. The van der Waals surface area contributed by atoms with Crippen LogP contribution < -0.4 is 10.6 Å². The second-order valence-corrected chi connectivity index (χ2v) is 7.83. The molecule has 0 aromatic rings. The van der Waals surface area contributed by atoms with Crippen molar-refractivity contribution in [1.29, 1.82) is 0 Å². The largest absolute Gasteiger partial charge is 0.382 e. The van der Waals surface area contributed by atoms with Crippen molar-refractivity contribution in [2.45, 2.75) is 72.1 Å². The normalized spacial score (nSPS) is 19.7. The molecule has 1 aliphatic rings. The van der Waals surface area contributed by atoms with E-state index >= 15 is 0 Å². The highest BCUT2D eigenvalue weighted by Crippen LogP contribution is 2.30. The molecule has 0 unspecified atom stereocenters. The van der Waals surface area contributed by atoms with Crippen LogP contribution in [0.4, 0.5) is 0 Å². The molecular weight excluding hydrogens is 344 g/mol. The molecule has 0 aliphatic heterocycles. The third-order valence-corrected chi connectivity index (χ3v) is 5.21. The number of ketones is 1. The zero-order valence-electron chi connectivity index (χ0n) is 17.4. The first kappa shape index (κ1) is 23.6. The Morgan fingerprint density at radius 3 is 2.19 bits per heavy atom. The lowest BCUT2D eigenvalue weighted by Gasteiger charge is -2.28. The zero-order chi connectivity index (χ0) is 20.1. The predicted molar refractivity (Wildman–Crippen MR) is 106 cm³/mol. The number of carbonyl (C=O) groups is 3. The average molecular weight is 383 g/mol. The maximum atomic E-state index is 12.0. The first-order chi connectivity index (χ1) is 12.9. The molecule has 1 rings (SSSR count). The Morgan fingerprint density at radius 1 is 0.963 bits per heavy atom. The van der Waals surface area contributed by atoms with Crippen molar-refractivity contribution >= 4 is 17.6 Å². The summed E-state index contributed by atoms with van der Waals surface area (Å²) in [5.41, 5.74) is 0. The van der Waals surface area contributed by atoms with Crippen molar-refractivity contribution in [1.82, 2.24) is 10.6 Å². The Hall–Kier alpha value is -1.43. The number of carbonyl (C=O) groups excluding carboxylic acids is 3. The fourth-order valence-corrected chi connectivity index (χ4v) is 3.51. The fraction of sp³-hybridized carbons (Fsp3) is 0.857. The first-order valence-corrected chi connectivity index (χ1v) is 10.6. The minimum absolute atomic E-state index is 0.00700. The van der Waals surface area contributed by atoms with E-state index in [0.717, 1.165) is 32.1 Å². The van der Waals surface area contributed by atoms with E-state index in [1.54, 1.807) is 0 Å². The van der Waals surface area contributed by atoms with Crippen LogP contribution in [0.25, 0.3) is 0 Å². The van der Waals surface area contributed by atoms with Gasteiger partial charge in [-0.25, -0.2) is 0 Å². The molecule has 0 spiro atoms. The van der Waals surface area contributed by atoms with E-state index in [0.29, 0.717) is 57.3 Å². The van der Waals surface area contributed by atoms with E-state index in [1.165, 1.54) is 0 Å². The van der Waals surface area contributed by atoms with Crippen LogP contribution in [0.2, 0.25) is 0 Å². The van der Waals surface area contributed by atoms with E-state index < -0.39 is 0 Å². The molecule has 0 radical (unpaired) electrons. The van der Waals surface area contributed by atoms with Gasteiger partial charge < -0.3 is 15.4 Å². The molecule has 156 valence electrons. The van der Waals surface area contributed by atoms with E-state index in [9.17, 15) is 14.4 Å². The Bertz CT molecular complexity index is 457. The number of amides is 2. The molecule has 2 N–H and O–H groups in total. The summed E-state index contributed by atoms with van der Waals surface area (Å²) in [6.45, 7) is 8.54. The summed E-state index contributed by atoms with van der Waals surface area (Å²) >= 11 is 0. The topological polar surface area (TPSA) is 84.5 Å². The monoisotopic (exact) mass is 382 g/mol. The summed E-state index contributed by atoms with van der Waals surface area (Å²) < 4.78 is 5.21. The lowest BCUT2D eigenvalue weighted by Crippen LogP contribution is -2.33. The Labute approximate surface area is 164 Å². The molecule has 6 nitrogen and oxygen atoms in total. The van der Waals surface area contributed by atoms with Crippen LogP contribution in [0, 0.1) is 17.8 Å². The molecule has 27 heavy (non-hydrogen) atoms. The van der Waals surface area contributed by atoms with Gasteiger partial charge in [0.1, 0.15) is 5.78 Å². The number of hydrogen-bond acceptors (Lipinski definition) is 4. The van der Waals surface area contributed by atoms with Crippen LogP contribution in [0.15, 0.2) is 0 Å².